The lowest BCUT2D eigenvalue weighted by Gasteiger charge is -2.15. The second kappa shape index (κ2) is 3.46. The van der Waals surface area contributed by atoms with Gasteiger partial charge in [0, 0.05) is 5.56 Å². The van der Waals surface area contributed by atoms with Crippen LogP contribution in [0.3, 0.4) is 0 Å². The van der Waals surface area contributed by atoms with Gasteiger partial charge in [-0.2, -0.15) is 5.26 Å². The molecule has 14 heavy (non-hydrogen) atoms. The highest BCUT2D eigenvalue weighted by atomic mass is 16.3. The lowest BCUT2D eigenvalue weighted by Crippen LogP contribution is -2.34. The Morgan fingerprint density at radius 2 is 2.21 bits per heavy atom. The van der Waals surface area contributed by atoms with E-state index in [-0.39, 0.29) is 16.9 Å². The van der Waals surface area contributed by atoms with Crippen LogP contribution in [0.1, 0.15) is 15.9 Å². The number of phenolic OH excluding ortho intramolecular Hbond substituents is 1. The molecule has 1 rings (SSSR count). The van der Waals surface area contributed by atoms with E-state index < -0.39 is 5.72 Å². The summed E-state index contributed by atoms with van der Waals surface area (Å²) >= 11 is 0. The van der Waals surface area contributed by atoms with Crippen LogP contribution in [0.15, 0.2) is 18.2 Å². The summed E-state index contributed by atoms with van der Waals surface area (Å²) in [6.07, 6.45) is 0.524. The van der Waals surface area contributed by atoms with Gasteiger partial charge in [0.2, 0.25) is 5.72 Å². The maximum atomic E-state index is 10.4. The molecule has 5 nitrogen and oxygen atoms in total. The number of aliphatic hydroxyl groups is 1. The molecule has 1 aromatic rings. The first-order valence-corrected chi connectivity index (χ1v) is 3.72. The third-order valence-electron chi connectivity index (χ3n) is 1.74. The number of carbonyl (C=O) groups is 1. The van der Waals surface area contributed by atoms with Crippen molar-refractivity contribution in [1.29, 1.82) is 5.26 Å². The summed E-state index contributed by atoms with van der Waals surface area (Å²) in [7, 11) is 0. The summed E-state index contributed by atoms with van der Waals surface area (Å²) in [6, 6.07) is 5.10. The molecule has 0 aliphatic rings. The zero-order valence-corrected chi connectivity index (χ0v) is 7.14. The molecule has 5 heteroatoms. The Morgan fingerprint density at radius 1 is 1.57 bits per heavy atom. The van der Waals surface area contributed by atoms with Crippen molar-refractivity contribution in [3.05, 3.63) is 29.3 Å². The van der Waals surface area contributed by atoms with E-state index in [4.69, 9.17) is 11.0 Å². The lowest BCUT2D eigenvalue weighted by atomic mass is 10.0. The molecule has 4 N–H and O–H groups in total. The highest BCUT2D eigenvalue weighted by molar-refractivity contribution is 5.75. The van der Waals surface area contributed by atoms with Crippen LogP contribution in [0.5, 0.6) is 5.75 Å². The van der Waals surface area contributed by atoms with Gasteiger partial charge in [-0.25, -0.2) is 0 Å². The Bertz CT molecular complexity index is 407. The second-order valence-corrected chi connectivity index (χ2v) is 2.77. The Labute approximate surface area is 80.0 Å². The first-order valence-electron chi connectivity index (χ1n) is 3.72. The van der Waals surface area contributed by atoms with E-state index in [0.29, 0.717) is 6.29 Å². The van der Waals surface area contributed by atoms with Crippen molar-refractivity contribution < 1.29 is 15.0 Å². The van der Waals surface area contributed by atoms with E-state index in [1.807, 2.05) is 0 Å². The molecule has 0 amide bonds. The molecule has 0 bridgehead atoms. The minimum absolute atomic E-state index is 0.190. The summed E-state index contributed by atoms with van der Waals surface area (Å²) in [4.78, 5) is 10.4. The molecule has 1 aromatic carbocycles. The van der Waals surface area contributed by atoms with Crippen LogP contribution in [0.4, 0.5) is 0 Å². The number of hydrogen-bond acceptors (Lipinski definition) is 5. The minimum Gasteiger partial charge on any atom is -0.507 e. The zero-order valence-electron chi connectivity index (χ0n) is 7.14. The number of nitriles is 1. The van der Waals surface area contributed by atoms with Gasteiger partial charge in [0.15, 0.2) is 0 Å². The van der Waals surface area contributed by atoms with Gasteiger partial charge in [-0.05, 0) is 18.2 Å². The van der Waals surface area contributed by atoms with Crippen LogP contribution in [-0.2, 0) is 5.72 Å². The molecule has 72 valence electrons. The fraction of sp³-hybridized carbons (Fsp3) is 0.111. The molecule has 0 aliphatic carbocycles. The van der Waals surface area contributed by atoms with E-state index in [2.05, 4.69) is 0 Å². The van der Waals surface area contributed by atoms with Crippen molar-refractivity contribution in [1.82, 2.24) is 0 Å². The quantitative estimate of drug-likeness (QED) is 0.342. The number of phenols is 1. The van der Waals surface area contributed by atoms with E-state index in [1.54, 1.807) is 0 Å². The molecule has 0 unspecified atom stereocenters. The number of aldehydes is 1. The van der Waals surface area contributed by atoms with Crippen LogP contribution in [-0.4, -0.2) is 16.5 Å². The topological polar surface area (TPSA) is 107 Å². The average Bonchev–Trinajstić information content (AvgIpc) is 2.18. The van der Waals surface area contributed by atoms with Gasteiger partial charge < -0.3 is 10.2 Å². The minimum atomic E-state index is -2.29. The molecule has 1 atom stereocenters. The molecule has 0 saturated carbocycles. The van der Waals surface area contributed by atoms with E-state index in [1.165, 1.54) is 18.2 Å². The number of carbonyl (C=O) groups excluding carboxylic acids is 1. The monoisotopic (exact) mass is 192 g/mol. The Morgan fingerprint density at radius 3 is 2.71 bits per heavy atom. The van der Waals surface area contributed by atoms with Crippen molar-refractivity contribution in [3.8, 4) is 11.8 Å². The van der Waals surface area contributed by atoms with E-state index in [0.717, 1.165) is 6.07 Å². The SMILES string of the molecule is N#C[C@@](N)(O)c1cc(C=O)ccc1O. The van der Waals surface area contributed by atoms with Gasteiger partial charge in [0.25, 0.3) is 0 Å². The van der Waals surface area contributed by atoms with Crippen molar-refractivity contribution >= 4 is 6.29 Å². The normalized spacial score (nSPS) is 14.1. The highest BCUT2D eigenvalue weighted by Crippen LogP contribution is 2.25. The van der Waals surface area contributed by atoms with E-state index >= 15 is 0 Å². The lowest BCUT2D eigenvalue weighted by molar-refractivity contribution is 0.102. The summed E-state index contributed by atoms with van der Waals surface area (Å²) in [5.41, 5.74) is 2.92. The number of rotatable bonds is 2. The standard InChI is InChI=1S/C9H8N2O3/c10-5-9(11,14)7-3-6(4-12)1-2-8(7)13/h1-4,13-14H,11H2/t9-/m1/s1. The van der Waals surface area contributed by atoms with Gasteiger partial charge in [0.1, 0.15) is 18.1 Å². The average molecular weight is 192 g/mol. The van der Waals surface area contributed by atoms with Gasteiger partial charge in [0.05, 0.1) is 5.56 Å². The smallest absolute Gasteiger partial charge is 0.233 e. The Hall–Kier alpha value is -1.90. The Kier molecular flexibility index (Phi) is 2.51. The third-order valence-corrected chi connectivity index (χ3v) is 1.74. The van der Waals surface area contributed by atoms with Gasteiger partial charge >= 0.3 is 0 Å². The van der Waals surface area contributed by atoms with Crippen LogP contribution < -0.4 is 5.73 Å². The molecule has 0 saturated heterocycles. The fourth-order valence-corrected chi connectivity index (χ4v) is 0.992. The summed E-state index contributed by atoms with van der Waals surface area (Å²) in [5.74, 6) is -0.331. The van der Waals surface area contributed by atoms with Gasteiger partial charge in [-0.15, -0.1) is 0 Å². The molecular formula is C9H8N2O3. The molecular weight excluding hydrogens is 184 g/mol. The number of benzene rings is 1. The summed E-state index contributed by atoms with van der Waals surface area (Å²) in [5, 5.41) is 27.1. The largest absolute Gasteiger partial charge is 0.507 e. The fourth-order valence-electron chi connectivity index (χ4n) is 0.992. The summed E-state index contributed by atoms with van der Waals surface area (Å²) in [6.45, 7) is 0. The van der Waals surface area contributed by atoms with Gasteiger partial charge in [-0.1, -0.05) is 0 Å². The summed E-state index contributed by atoms with van der Waals surface area (Å²) < 4.78 is 0. The predicted molar refractivity (Wildman–Crippen MR) is 47.2 cm³/mol. The molecule has 0 aromatic heterocycles. The van der Waals surface area contributed by atoms with Crippen molar-refractivity contribution in [2.75, 3.05) is 0 Å². The molecule has 0 aliphatic heterocycles. The van der Waals surface area contributed by atoms with Crippen LogP contribution >= 0.6 is 0 Å². The number of hydrogen-bond donors (Lipinski definition) is 3. The van der Waals surface area contributed by atoms with Gasteiger partial charge in [-0.3, -0.25) is 10.5 Å². The third kappa shape index (κ3) is 1.71. The molecule has 0 heterocycles. The maximum Gasteiger partial charge on any atom is 0.233 e. The molecule has 0 spiro atoms. The van der Waals surface area contributed by atoms with Crippen LogP contribution in [0.2, 0.25) is 0 Å². The second-order valence-electron chi connectivity index (χ2n) is 2.77. The number of nitrogens with two attached hydrogens (primary N) is 1. The predicted octanol–water partition coefficient (Wildman–Crippen LogP) is -0.168. The molecule has 0 fully saturated rings. The first kappa shape index (κ1) is 10.2. The van der Waals surface area contributed by atoms with Crippen LogP contribution in [0, 0.1) is 11.3 Å². The van der Waals surface area contributed by atoms with Crippen molar-refractivity contribution in [3.63, 3.8) is 0 Å². The van der Waals surface area contributed by atoms with Crippen LogP contribution in [0.25, 0.3) is 0 Å². The first-order chi connectivity index (χ1) is 6.51. The highest BCUT2D eigenvalue weighted by Gasteiger charge is 2.26. The number of aromatic hydroxyl groups is 1. The van der Waals surface area contributed by atoms with E-state index in [9.17, 15) is 15.0 Å². The Balaban J connectivity index is 3.34. The zero-order chi connectivity index (χ0) is 10.8. The molecule has 0 radical (unpaired) electrons. The van der Waals surface area contributed by atoms with Crippen molar-refractivity contribution in [2.24, 2.45) is 5.73 Å². The number of nitrogens with zero attached hydrogens (tertiary/aromatic N) is 1. The maximum absolute atomic E-state index is 10.4. The van der Waals surface area contributed by atoms with Crippen molar-refractivity contribution in [2.45, 2.75) is 5.72 Å².